The number of hydrogen-bond donors (Lipinski definition) is 0. The molecule has 0 saturated heterocycles. The average Bonchev–Trinajstić information content (AvgIpc) is 2.52. The molecule has 0 atom stereocenters. The molecule has 0 aliphatic rings. The second-order valence-corrected chi connectivity index (χ2v) is 2.83. The van der Waals surface area contributed by atoms with Crippen LogP contribution in [0.15, 0.2) is 28.7 Å². The lowest BCUT2D eigenvalue weighted by molar-refractivity contribution is 0.109. The van der Waals surface area contributed by atoms with Gasteiger partial charge in [-0.25, -0.2) is 0 Å². The molecular formula is C10H12O3. The molecule has 0 unspecified atom stereocenters. The van der Waals surface area contributed by atoms with Gasteiger partial charge in [-0.2, -0.15) is 0 Å². The van der Waals surface area contributed by atoms with E-state index in [9.17, 15) is 4.79 Å². The van der Waals surface area contributed by atoms with Gasteiger partial charge in [-0.05, 0) is 13.0 Å². The Kier molecular flexibility index (Phi) is 3.31. The van der Waals surface area contributed by atoms with Crippen LogP contribution in [0.4, 0.5) is 0 Å². The summed E-state index contributed by atoms with van der Waals surface area (Å²) in [5, 5.41) is 0. The minimum atomic E-state index is 0.283. The Balaban J connectivity index is 2.36. The van der Waals surface area contributed by atoms with Gasteiger partial charge in [0.05, 0.1) is 6.61 Å². The van der Waals surface area contributed by atoms with Crippen molar-refractivity contribution in [2.45, 2.75) is 13.3 Å². The van der Waals surface area contributed by atoms with Crippen LogP contribution in [0.2, 0.25) is 0 Å². The molecule has 0 aromatic carbocycles. The molecule has 70 valence electrons. The van der Waals surface area contributed by atoms with E-state index in [1.807, 2.05) is 6.92 Å². The zero-order valence-corrected chi connectivity index (χ0v) is 7.58. The van der Waals surface area contributed by atoms with Crippen molar-refractivity contribution in [2.24, 2.45) is 0 Å². The van der Waals surface area contributed by atoms with Gasteiger partial charge in [0.1, 0.15) is 0 Å². The van der Waals surface area contributed by atoms with Gasteiger partial charge in [-0.3, -0.25) is 4.79 Å². The third-order valence-corrected chi connectivity index (χ3v) is 1.49. The predicted molar refractivity (Wildman–Crippen MR) is 49.0 cm³/mol. The van der Waals surface area contributed by atoms with E-state index in [0.29, 0.717) is 18.8 Å². The number of aldehydes is 1. The molecule has 1 heterocycles. The molecule has 0 fully saturated rings. The van der Waals surface area contributed by atoms with Gasteiger partial charge < -0.3 is 9.15 Å². The normalized spacial score (nSPS) is 9.62. The molecule has 1 aromatic heterocycles. The van der Waals surface area contributed by atoms with E-state index in [4.69, 9.17) is 9.15 Å². The summed E-state index contributed by atoms with van der Waals surface area (Å²) in [7, 11) is 0. The van der Waals surface area contributed by atoms with Crippen LogP contribution in [0.1, 0.15) is 23.9 Å². The lowest BCUT2D eigenvalue weighted by Gasteiger charge is -2.00. The van der Waals surface area contributed by atoms with Gasteiger partial charge in [0.25, 0.3) is 5.95 Å². The van der Waals surface area contributed by atoms with Crippen LogP contribution in [0.25, 0.3) is 0 Å². The summed E-state index contributed by atoms with van der Waals surface area (Å²) in [4.78, 5) is 10.2. The molecule has 0 saturated carbocycles. The molecule has 0 spiro atoms. The zero-order valence-electron chi connectivity index (χ0n) is 7.58. The number of carbonyl (C=O) groups excluding carboxylic acids is 1. The summed E-state index contributed by atoms with van der Waals surface area (Å²) >= 11 is 0. The molecule has 1 aromatic rings. The summed E-state index contributed by atoms with van der Waals surface area (Å²) in [5.74, 6) is 0.661. The highest BCUT2D eigenvalue weighted by atomic mass is 16.6. The first-order valence-electron chi connectivity index (χ1n) is 4.04. The maximum atomic E-state index is 10.2. The largest absolute Gasteiger partial charge is 0.465 e. The second-order valence-electron chi connectivity index (χ2n) is 2.83. The van der Waals surface area contributed by atoms with Crippen LogP contribution in [0.3, 0.4) is 0 Å². The van der Waals surface area contributed by atoms with Gasteiger partial charge in [-0.15, -0.1) is 6.58 Å². The molecule has 1 rings (SSSR count). The Labute approximate surface area is 77.0 Å². The Hall–Kier alpha value is -1.51. The van der Waals surface area contributed by atoms with Crippen molar-refractivity contribution < 1.29 is 13.9 Å². The minimum Gasteiger partial charge on any atom is -0.465 e. The van der Waals surface area contributed by atoms with Crippen molar-refractivity contribution in [3.8, 4) is 5.95 Å². The third-order valence-electron chi connectivity index (χ3n) is 1.49. The van der Waals surface area contributed by atoms with Gasteiger partial charge in [0.2, 0.25) is 0 Å². The molecule has 3 heteroatoms. The van der Waals surface area contributed by atoms with E-state index in [1.165, 1.54) is 0 Å². The zero-order chi connectivity index (χ0) is 9.68. The quantitative estimate of drug-likeness (QED) is 0.516. The van der Waals surface area contributed by atoms with Crippen molar-refractivity contribution in [1.82, 2.24) is 0 Å². The van der Waals surface area contributed by atoms with Crippen molar-refractivity contribution in [3.63, 3.8) is 0 Å². The Morgan fingerprint density at radius 3 is 3.00 bits per heavy atom. The van der Waals surface area contributed by atoms with Gasteiger partial charge >= 0.3 is 0 Å². The number of rotatable bonds is 5. The first-order valence-corrected chi connectivity index (χ1v) is 4.04. The van der Waals surface area contributed by atoms with Gasteiger partial charge in [-0.1, -0.05) is 5.57 Å². The molecular weight excluding hydrogens is 168 g/mol. The van der Waals surface area contributed by atoms with Crippen molar-refractivity contribution in [1.29, 1.82) is 0 Å². The highest BCUT2D eigenvalue weighted by Crippen LogP contribution is 2.14. The highest BCUT2D eigenvalue weighted by Gasteiger charge is 2.00. The smallest absolute Gasteiger partial charge is 0.284 e. The topological polar surface area (TPSA) is 39.4 Å². The number of carbonyl (C=O) groups is 1. The summed E-state index contributed by atoms with van der Waals surface area (Å²) in [6.07, 6.45) is 1.43. The fourth-order valence-corrected chi connectivity index (χ4v) is 0.801. The summed E-state index contributed by atoms with van der Waals surface area (Å²) in [5.41, 5.74) is 1.06. The van der Waals surface area contributed by atoms with Crippen molar-refractivity contribution >= 4 is 6.29 Å². The van der Waals surface area contributed by atoms with E-state index in [0.717, 1.165) is 12.0 Å². The molecule has 0 N–H and O–H groups in total. The van der Waals surface area contributed by atoms with Crippen LogP contribution < -0.4 is 4.74 Å². The van der Waals surface area contributed by atoms with E-state index in [2.05, 4.69) is 6.58 Å². The van der Waals surface area contributed by atoms with Gasteiger partial charge in [0, 0.05) is 12.5 Å². The first kappa shape index (κ1) is 9.58. The van der Waals surface area contributed by atoms with Crippen LogP contribution in [0, 0.1) is 0 Å². The van der Waals surface area contributed by atoms with Crippen LogP contribution in [0.5, 0.6) is 5.95 Å². The fraction of sp³-hybridized carbons (Fsp3) is 0.300. The monoisotopic (exact) mass is 180 g/mol. The van der Waals surface area contributed by atoms with E-state index >= 15 is 0 Å². The highest BCUT2D eigenvalue weighted by molar-refractivity contribution is 5.70. The molecule has 0 radical (unpaired) electrons. The summed E-state index contributed by atoms with van der Waals surface area (Å²) in [6.45, 7) is 6.20. The van der Waals surface area contributed by atoms with Crippen LogP contribution in [-0.4, -0.2) is 12.9 Å². The van der Waals surface area contributed by atoms with E-state index < -0.39 is 0 Å². The molecule has 3 nitrogen and oxygen atoms in total. The van der Waals surface area contributed by atoms with E-state index in [-0.39, 0.29) is 5.76 Å². The molecule has 13 heavy (non-hydrogen) atoms. The summed E-state index contributed by atoms with van der Waals surface area (Å²) in [6, 6.07) is 3.20. The Bertz CT molecular complexity index is 299. The molecule has 0 aliphatic heterocycles. The molecule has 0 aliphatic carbocycles. The lowest BCUT2D eigenvalue weighted by atomic mass is 10.3. The number of ether oxygens (including phenoxy) is 1. The maximum absolute atomic E-state index is 10.2. The Morgan fingerprint density at radius 1 is 1.69 bits per heavy atom. The standard InChI is InChI=1S/C10H12O3/c1-8(2)5-6-12-10-4-3-9(7-11)13-10/h3-4,7H,1,5-6H2,2H3. The predicted octanol–water partition coefficient (Wildman–Crippen LogP) is 2.44. The second kappa shape index (κ2) is 4.50. The molecule has 0 bridgehead atoms. The molecule has 0 amide bonds. The SMILES string of the molecule is C=C(C)CCOc1ccc(C=O)o1. The first-order chi connectivity index (χ1) is 6.22. The third kappa shape index (κ3) is 3.15. The van der Waals surface area contributed by atoms with Gasteiger partial charge in [0.15, 0.2) is 12.0 Å². The van der Waals surface area contributed by atoms with Crippen molar-refractivity contribution in [3.05, 3.63) is 30.0 Å². The van der Waals surface area contributed by atoms with Crippen LogP contribution in [-0.2, 0) is 0 Å². The van der Waals surface area contributed by atoms with E-state index in [1.54, 1.807) is 12.1 Å². The fourth-order valence-electron chi connectivity index (χ4n) is 0.801. The summed E-state index contributed by atoms with van der Waals surface area (Å²) < 4.78 is 10.2. The Morgan fingerprint density at radius 2 is 2.46 bits per heavy atom. The average molecular weight is 180 g/mol. The minimum absolute atomic E-state index is 0.283. The van der Waals surface area contributed by atoms with Crippen molar-refractivity contribution in [2.75, 3.05) is 6.61 Å². The number of hydrogen-bond acceptors (Lipinski definition) is 3. The van der Waals surface area contributed by atoms with Crippen LogP contribution >= 0.6 is 0 Å². The lowest BCUT2D eigenvalue weighted by Crippen LogP contribution is -1.95. The number of furan rings is 1. The maximum Gasteiger partial charge on any atom is 0.284 e.